The number of benzene rings is 3. The second-order valence-electron chi connectivity index (χ2n) is 6.12. The molecule has 11 heteroatoms. The zero-order valence-electron chi connectivity index (χ0n) is 15.0. The Morgan fingerprint density at radius 3 is 2.43 bits per heavy atom. The van der Waals surface area contributed by atoms with Crippen molar-refractivity contribution in [1.82, 2.24) is 8.75 Å². The van der Waals surface area contributed by atoms with Gasteiger partial charge in [0.1, 0.15) is 15.9 Å². The second-order valence-corrected chi connectivity index (χ2v) is 10.1. The summed E-state index contributed by atoms with van der Waals surface area (Å²) in [5, 5.41) is 2.77. The van der Waals surface area contributed by atoms with Gasteiger partial charge in [-0.15, -0.1) is 0 Å². The molecule has 1 aromatic heterocycles. The van der Waals surface area contributed by atoms with Gasteiger partial charge < -0.3 is 5.32 Å². The fourth-order valence-corrected chi connectivity index (χ4v) is 5.47. The average Bonchev–Trinajstić information content (AvgIpc) is 3.20. The maximum atomic E-state index is 13.1. The summed E-state index contributed by atoms with van der Waals surface area (Å²) in [6, 6.07) is 16.6. The first-order chi connectivity index (χ1) is 14.3. The quantitative estimate of drug-likeness (QED) is 0.342. The van der Waals surface area contributed by atoms with Crippen molar-refractivity contribution in [3.8, 4) is 0 Å². The van der Waals surface area contributed by atoms with Crippen molar-refractivity contribution in [3.63, 3.8) is 0 Å². The number of amides is 1. The van der Waals surface area contributed by atoms with Crippen molar-refractivity contribution in [2.24, 2.45) is 0 Å². The van der Waals surface area contributed by atoms with Gasteiger partial charge in [0.05, 0.1) is 23.0 Å². The lowest BCUT2D eigenvalue weighted by molar-refractivity contribution is 0.102. The van der Waals surface area contributed by atoms with Crippen molar-refractivity contribution >= 4 is 81.9 Å². The standard InChI is InChI=1S/C19H12Br2N4O3S2/c20-11-7-9-12(10-8-11)22-19(26)13-3-1-4-14(21)17(13)25-30(27,28)16-6-2-5-15-18(16)24-29-23-15/h1-10,25H,(H,22,26). The number of aromatic nitrogens is 2. The summed E-state index contributed by atoms with van der Waals surface area (Å²) in [7, 11) is -4.03. The van der Waals surface area contributed by atoms with E-state index >= 15 is 0 Å². The van der Waals surface area contributed by atoms with Crippen LogP contribution in [0.3, 0.4) is 0 Å². The van der Waals surface area contributed by atoms with Crippen LogP contribution in [0, 0.1) is 0 Å². The number of para-hydroxylation sites is 1. The van der Waals surface area contributed by atoms with E-state index in [4.69, 9.17) is 0 Å². The molecule has 152 valence electrons. The fraction of sp³-hybridized carbons (Fsp3) is 0. The first-order valence-electron chi connectivity index (χ1n) is 8.45. The van der Waals surface area contributed by atoms with Gasteiger partial charge in [0.2, 0.25) is 0 Å². The highest BCUT2D eigenvalue weighted by Crippen LogP contribution is 2.31. The van der Waals surface area contributed by atoms with Crippen LogP contribution in [0.1, 0.15) is 10.4 Å². The fourth-order valence-electron chi connectivity index (χ4n) is 2.74. The van der Waals surface area contributed by atoms with Crippen molar-refractivity contribution in [2.75, 3.05) is 10.0 Å². The number of nitrogens with one attached hydrogen (secondary N) is 2. The van der Waals surface area contributed by atoms with Crippen LogP contribution in [-0.4, -0.2) is 23.1 Å². The molecule has 0 atom stereocenters. The third-order valence-corrected chi connectivity index (χ3v) is 7.25. The lowest BCUT2D eigenvalue weighted by Gasteiger charge is -2.15. The number of halogens is 2. The zero-order chi connectivity index (χ0) is 21.3. The van der Waals surface area contributed by atoms with E-state index < -0.39 is 15.9 Å². The van der Waals surface area contributed by atoms with E-state index in [0.29, 0.717) is 15.7 Å². The summed E-state index contributed by atoms with van der Waals surface area (Å²) >= 11 is 7.62. The number of rotatable bonds is 5. The molecule has 1 heterocycles. The van der Waals surface area contributed by atoms with E-state index in [1.807, 2.05) is 0 Å². The number of nitrogens with zero attached hydrogens (tertiary/aromatic N) is 2. The molecule has 4 rings (SSSR count). The van der Waals surface area contributed by atoms with Gasteiger partial charge in [-0.3, -0.25) is 9.52 Å². The molecular weight excluding hydrogens is 556 g/mol. The number of fused-ring (bicyclic) bond motifs is 1. The third kappa shape index (κ3) is 4.24. The average molecular weight is 568 g/mol. The minimum Gasteiger partial charge on any atom is -0.322 e. The molecule has 0 unspecified atom stereocenters. The molecule has 0 aliphatic heterocycles. The van der Waals surface area contributed by atoms with E-state index in [9.17, 15) is 13.2 Å². The van der Waals surface area contributed by atoms with Crippen LogP contribution in [0.4, 0.5) is 11.4 Å². The van der Waals surface area contributed by atoms with Gasteiger partial charge in [0, 0.05) is 14.6 Å². The highest BCUT2D eigenvalue weighted by atomic mass is 79.9. The van der Waals surface area contributed by atoms with Gasteiger partial charge in [-0.05, 0) is 64.5 Å². The summed E-state index contributed by atoms with van der Waals surface area (Å²) in [5.41, 5.74) is 1.65. The monoisotopic (exact) mass is 566 g/mol. The Bertz CT molecular complexity index is 1360. The van der Waals surface area contributed by atoms with Crippen molar-refractivity contribution in [3.05, 3.63) is 75.2 Å². The highest BCUT2D eigenvalue weighted by Gasteiger charge is 2.24. The Labute approximate surface area is 193 Å². The highest BCUT2D eigenvalue weighted by molar-refractivity contribution is 9.10. The second kappa shape index (κ2) is 8.42. The molecule has 3 aromatic carbocycles. The molecule has 1 amide bonds. The van der Waals surface area contributed by atoms with Gasteiger partial charge >= 0.3 is 0 Å². The lowest BCUT2D eigenvalue weighted by Crippen LogP contribution is -2.19. The van der Waals surface area contributed by atoms with Crippen LogP contribution in [-0.2, 0) is 10.0 Å². The Morgan fingerprint density at radius 2 is 1.67 bits per heavy atom. The number of anilines is 2. The molecule has 2 N–H and O–H groups in total. The predicted octanol–water partition coefficient (Wildman–Crippen LogP) is 5.27. The minimum absolute atomic E-state index is 0.0104. The summed E-state index contributed by atoms with van der Waals surface area (Å²) in [6.45, 7) is 0. The molecule has 0 spiro atoms. The van der Waals surface area contributed by atoms with Crippen LogP contribution in [0.5, 0.6) is 0 Å². The molecule has 0 fully saturated rings. The smallest absolute Gasteiger partial charge is 0.264 e. The zero-order valence-corrected chi connectivity index (χ0v) is 19.8. The Kier molecular flexibility index (Phi) is 5.87. The van der Waals surface area contributed by atoms with Gasteiger partial charge in [0.25, 0.3) is 15.9 Å². The molecular formula is C19H12Br2N4O3S2. The summed E-state index contributed by atoms with van der Waals surface area (Å²) in [6.07, 6.45) is 0. The molecule has 4 aromatic rings. The minimum atomic E-state index is -4.03. The number of carbonyl (C=O) groups is 1. The maximum Gasteiger partial charge on any atom is 0.264 e. The third-order valence-electron chi connectivity index (χ3n) is 4.14. The Balaban J connectivity index is 1.70. The number of carbonyl (C=O) groups excluding carboxylic acids is 1. The van der Waals surface area contributed by atoms with Crippen LogP contribution in [0.25, 0.3) is 11.0 Å². The SMILES string of the molecule is O=C(Nc1ccc(Br)cc1)c1cccc(Br)c1NS(=O)(=O)c1cccc2nsnc12. The number of hydrogen-bond donors (Lipinski definition) is 2. The van der Waals surface area contributed by atoms with E-state index in [2.05, 4.69) is 50.6 Å². The van der Waals surface area contributed by atoms with Crippen LogP contribution in [0.2, 0.25) is 0 Å². The molecule has 0 saturated heterocycles. The van der Waals surface area contributed by atoms with Crippen molar-refractivity contribution < 1.29 is 13.2 Å². The number of sulfonamides is 1. The van der Waals surface area contributed by atoms with E-state index in [1.165, 1.54) is 6.07 Å². The first-order valence-corrected chi connectivity index (χ1v) is 12.2. The normalized spacial score (nSPS) is 11.4. The summed E-state index contributed by atoms with van der Waals surface area (Å²) < 4.78 is 38.2. The van der Waals surface area contributed by atoms with E-state index in [1.54, 1.807) is 54.6 Å². The lowest BCUT2D eigenvalue weighted by atomic mass is 10.1. The Hall–Kier alpha value is -2.34. The van der Waals surface area contributed by atoms with Crippen molar-refractivity contribution in [2.45, 2.75) is 4.90 Å². The van der Waals surface area contributed by atoms with Crippen LogP contribution < -0.4 is 10.0 Å². The maximum absolute atomic E-state index is 13.1. The van der Waals surface area contributed by atoms with Gasteiger partial charge in [0.15, 0.2) is 0 Å². The van der Waals surface area contributed by atoms with Crippen LogP contribution in [0.15, 0.2) is 74.5 Å². The molecule has 30 heavy (non-hydrogen) atoms. The van der Waals surface area contributed by atoms with E-state index in [0.717, 1.165) is 16.2 Å². The van der Waals surface area contributed by atoms with Crippen LogP contribution >= 0.6 is 43.6 Å². The van der Waals surface area contributed by atoms with Gasteiger partial charge in [-0.25, -0.2) is 8.42 Å². The molecule has 7 nitrogen and oxygen atoms in total. The molecule has 0 bridgehead atoms. The van der Waals surface area contributed by atoms with E-state index in [-0.39, 0.29) is 21.7 Å². The molecule has 0 saturated carbocycles. The summed E-state index contributed by atoms with van der Waals surface area (Å²) in [4.78, 5) is 12.9. The molecule has 0 aliphatic rings. The topological polar surface area (TPSA) is 101 Å². The first kappa shape index (κ1) is 20.9. The van der Waals surface area contributed by atoms with Crippen molar-refractivity contribution in [1.29, 1.82) is 0 Å². The Morgan fingerprint density at radius 1 is 0.933 bits per heavy atom. The predicted molar refractivity (Wildman–Crippen MR) is 124 cm³/mol. The molecule has 0 radical (unpaired) electrons. The van der Waals surface area contributed by atoms with Gasteiger partial charge in [-0.2, -0.15) is 8.75 Å². The molecule has 0 aliphatic carbocycles. The number of hydrogen-bond acceptors (Lipinski definition) is 6. The largest absolute Gasteiger partial charge is 0.322 e. The summed E-state index contributed by atoms with van der Waals surface area (Å²) in [5.74, 6) is -0.454. The van der Waals surface area contributed by atoms with Gasteiger partial charge in [-0.1, -0.05) is 28.1 Å².